The first-order valence-electron chi connectivity index (χ1n) is 7.41. The van der Waals surface area contributed by atoms with Crippen molar-refractivity contribution in [3.8, 4) is 0 Å². The zero-order valence-electron chi connectivity index (χ0n) is 12.6. The Morgan fingerprint density at radius 3 is 2.48 bits per heavy atom. The summed E-state index contributed by atoms with van der Waals surface area (Å²) >= 11 is 0. The van der Waals surface area contributed by atoms with Gasteiger partial charge in [0.2, 0.25) is 5.91 Å². The monoisotopic (exact) mass is 329 g/mol. The van der Waals surface area contributed by atoms with Crippen molar-refractivity contribution in [1.82, 2.24) is 0 Å². The fourth-order valence-electron chi connectivity index (χ4n) is 2.95. The number of aromatic carboxylic acids is 1. The highest BCUT2D eigenvalue weighted by molar-refractivity contribution is 5.96. The largest absolute Gasteiger partial charge is 0.478 e. The van der Waals surface area contributed by atoms with E-state index in [1.807, 2.05) is 0 Å². The molecule has 1 fully saturated rings. The van der Waals surface area contributed by atoms with Crippen LogP contribution in [-0.2, 0) is 4.79 Å². The molecule has 1 aromatic rings. The number of anilines is 1. The van der Waals surface area contributed by atoms with Crippen molar-refractivity contribution in [3.05, 3.63) is 29.3 Å². The van der Waals surface area contributed by atoms with Gasteiger partial charge in [-0.3, -0.25) is 4.79 Å². The van der Waals surface area contributed by atoms with Crippen molar-refractivity contribution < 1.29 is 27.9 Å². The Balaban J connectivity index is 2.20. The Morgan fingerprint density at radius 2 is 1.87 bits per heavy atom. The number of carboxylic acids is 1. The molecule has 126 valence electrons. The summed E-state index contributed by atoms with van der Waals surface area (Å²) in [4.78, 5) is 23.3. The number of hydrogen-bond donors (Lipinski definition) is 2. The lowest BCUT2D eigenvalue weighted by Gasteiger charge is -2.32. The second-order valence-corrected chi connectivity index (χ2v) is 5.86. The van der Waals surface area contributed by atoms with Crippen molar-refractivity contribution in [2.45, 2.75) is 38.8 Å². The average Bonchev–Trinajstić information content (AvgIpc) is 2.48. The second-order valence-electron chi connectivity index (χ2n) is 5.86. The minimum absolute atomic E-state index is 0.0260. The van der Waals surface area contributed by atoms with Crippen LogP contribution in [0.5, 0.6) is 0 Å². The van der Waals surface area contributed by atoms with Gasteiger partial charge in [0.1, 0.15) is 0 Å². The molecule has 1 aliphatic rings. The van der Waals surface area contributed by atoms with E-state index in [4.69, 9.17) is 5.11 Å². The standard InChI is InChI=1S/C16H18F3NO3/c1-9-6-7-10(15(22)23)8-13(9)20-14(21)11-4-2-3-5-12(11)16(17,18)19/h6-8,11-12H,2-5H2,1H3,(H,20,21)(H,22,23). The van der Waals surface area contributed by atoms with E-state index in [9.17, 15) is 22.8 Å². The molecule has 1 amide bonds. The first-order valence-corrected chi connectivity index (χ1v) is 7.41. The quantitative estimate of drug-likeness (QED) is 0.881. The molecule has 0 bridgehead atoms. The molecule has 1 saturated carbocycles. The maximum absolute atomic E-state index is 13.1. The average molecular weight is 329 g/mol. The van der Waals surface area contributed by atoms with Crippen LogP contribution in [0.1, 0.15) is 41.6 Å². The second kappa shape index (κ2) is 6.60. The lowest BCUT2D eigenvalue weighted by atomic mass is 9.78. The van der Waals surface area contributed by atoms with E-state index in [0.717, 1.165) is 0 Å². The number of benzene rings is 1. The molecule has 2 unspecified atom stereocenters. The number of hydrogen-bond acceptors (Lipinski definition) is 2. The molecule has 2 rings (SSSR count). The number of rotatable bonds is 3. The van der Waals surface area contributed by atoms with E-state index in [-0.39, 0.29) is 24.1 Å². The van der Waals surface area contributed by atoms with Crippen molar-refractivity contribution in [1.29, 1.82) is 0 Å². The molecule has 7 heteroatoms. The van der Waals surface area contributed by atoms with E-state index < -0.39 is 29.9 Å². The first-order chi connectivity index (χ1) is 10.7. The Bertz CT molecular complexity index is 613. The highest BCUT2D eigenvalue weighted by atomic mass is 19.4. The molecule has 23 heavy (non-hydrogen) atoms. The lowest BCUT2D eigenvalue weighted by Crippen LogP contribution is -2.39. The van der Waals surface area contributed by atoms with Gasteiger partial charge in [0.25, 0.3) is 0 Å². The minimum atomic E-state index is -4.40. The number of amides is 1. The van der Waals surface area contributed by atoms with E-state index in [1.54, 1.807) is 6.92 Å². The molecule has 0 radical (unpaired) electrons. The molecule has 4 nitrogen and oxygen atoms in total. The number of nitrogens with one attached hydrogen (secondary N) is 1. The maximum atomic E-state index is 13.1. The third-order valence-electron chi connectivity index (χ3n) is 4.27. The van der Waals surface area contributed by atoms with Crippen molar-refractivity contribution in [3.63, 3.8) is 0 Å². The molecule has 0 aromatic heterocycles. The van der Waals surface area contributed by atoms with Crippen LogP contribution in [0.15, 0.2) is 18.2 Å². The van der Waals surface area contributed by atoms with Crippen LogP contribution in [0.4, 0.5) is 18.9 Å². The SMILES string of the molecule is Cc1ccc(C(=O)O)cc1NC(=O)C1CCCCC1C(F)(F)F. The highest BCUT2D eigenvalue weighted by Gasteiger charge is 2.48. The van der Waals surface area contributed by atoms with Crippen LogP contribution in [0, 0.1) is 18.8 Å². The maximum Gasteiger partial charge on any atom is 0.392 e. The summed E-state index contributed by atoms with van der Waals surface area (Å²) in [5.74, 6) is -4.63. The van der Waals surface area contributed by atoms with Crippen molar-refractivity contribution in [2.75, 3.05) is 5.32 Å². The Labute approximate surface area is 131 Å². The number of aryl methyl sites for hydroxylation is 1. The predicted octanol–water partition coefficient (Wildman–Crippen LogP) is 4.00. The van der Waals surface area contributed by atoms with Gasteiger partial charge in [0, 0.05) is 11.6 Å². The molecular weight excluding hydrogens is 311 g/mol. The fourth-order valence-corrected chi connectivity index (χ4v) is 2.95. The Hall–Kier alpha value is -2.05. The van der Waals surface area contributed by atoms with Gasteiger partial charge in [-0.1, -0.05) is 18.9 Å². The molecule has 2 atom stereocenters. The number of carbonyl (C=O) groups is 2. The smallest absolute Gasteiger partial charge is 0.392 e. The molecule has 0 saturated heterocycles. The van der Waals surface area contributed by atoms with Gasteiger partial charge in [-0.2, -0.15) is 13.2 Å². The first kappa shape index (κ1) is 17.3. The molecule has 2 N–H and O–H groups in total. The van der Waals surface area contributed by atoms with Gasteiger partial charge in [-0.15, -0.1) is 0 Å². The van der Waals surface area contributed by atoms with Crippen molar-refractivity contribution in [2.24, 2.45) is 11.8 Å². The Morgan fingerprint density at radius 1 is 1.22 bits per heavy atom. The van der Waals surface area contributed by atoms with E-state index in [1.165, 1.54) is 18.2 Å². The summed E-state index contributed by atoms with van der Waals surface area (Å²) in [5, 5.41) is 11.4. The van der Waals surface area contributed by atoms with Gasteiger partial charge in [0.05, 0.1) is 11.5 Å². The zero-order valence-corrected chi connectivity index (χ0v) is 12.6. The van der Waals surface area contributed by atoms with Crippen LogP contribution in [0.3, 0.4) is 0 Å². The van der Waals surface area contributed by atoms with E-state index in [2.05, 4.69) is 5.32 Å². The Kier molecular flexibility index (Phi) is 4.97. The van der Waals surface area contributed by atoms with Gasteiger partial charge in [0.15, 0.2) is 0 Å². The van der Waals surface area contributed by atoms with Gasteiger partial charge in [-0.25, -0.2) is 4.79 Å². The molecular formula is C16H18F3NO3. The van der Waals surface area contributed by atoms with Gasteiger partial charge >= 0.3 is 12.1 Å². The normalized spacial score (nSPS) is 21.7. The van der Waals surface area contributed by atoms with Crippen LogP contribution in [-0.4, -0.2) is 23.2 Å². The third-order valence-corrected chi connectivity index (χ3v) is 4.27. The molecule has 1 aromatic carbocycles. The number of carboxylic acid groups (broad SMARTS) is 1. The molecule has 0 aliphatic heterocycles. The van der Waals surface area contributed by atoms with Crippen LogP contribution < -0.4 is 5.32 Å². The predicted molar refractivity (Wildman–Crippen MR) is 78.3 cm³/mol. The zero-order chi connectivity index (χ0) is 17.2. The van der Waals surface area contributed by atoms with Crippen molar-refractivity contribution >= 4 is 17.6 Å². The number of alkyl halides is 3. The summed E-state index contributed by atoms with van der Waals surface area (Å²) < 4.78 is 39.2. The summed E-state index contributed by atoms with van der Waals surface area (Å²) in [6.07, 6.45) is -3.22. The van der Waals surface area contributed by atoms with Gasteiger partial charge < -0.3 is 10.4 Å². The highest BCUT2D eigenvalue weighted by Crippen LogP contribution is 2.42. The summed E-state index contributed by atoms with van der Waals surface area (Å²) in [6.45, 7) is 1.66. The molecule has 0 heterocycles. The lowest BCUT2D eigenvalue weighted by molar-refractivity contribution is -0.197. The topological polar surface area (TPSA) is 66.4 Å². The van der Waals surface area contributed by atoms with Gasteiger partial charge in [-0.05, 0) is 37.5 Å². The molecule has 0 spiro atoms. The summed E-state index contributed by atoms with van der Waals surface area (Å²) in [6, 6.07) is 4.16. The van der Waals surface area contributed by atoms with Crippen LogP contribution >= 0.6 is 0 Å². The van der Waals surface area contributed by atoms with E-state index in [0.29, 0.717) is 18.4 Å². The van der Waals surface area contributed by atoms with E-state index >= 15 is 0 Å². The molecule has 1 aliphatic carbocycles. The van der Waals surface area contributed by atoms with Crippen LogP contribution in [0.2, 0.25) is 0 Å². The fraction of sp³-hybridized carbons (Fsp3) is 0.500. The summed E-state index contributed by atoms with van der Waals surface area (Å²) in [7, 11) is 0. The summed E-state index contributed by atoms with van der Waals surface area (Å²) in [5.41, 5.74) is 0.811. The minimum Gasteiger partial charge on any atom is -0.478 e. The number of halogens is 3. The third kappa shape index (κ3) is 4.03. The van der Waals surface area contributed by atoms with Crippen LogP contribution in [0.25, 0.3) is 0 Å². The number of carbonyl (C=O) groups excluding carboxylic acids is 1.